The summed E-state index contributed by atoms with van der Waals surface area (Å²) in [6.45, 7) is 1.97. The van der Waals surface area contributed by atoms with E-state index in [1.54, 1.807) is 6.20 Å². The van der Waals surface area contributed by atoms with Crippen molar-refractivity contribution in [1.82, 2.24) is 20.3 Å². The van der Waals surface area contributed by atoms with E-state index in [4.69, 9.17) is 0 Å². The fraction of sp³-hybridized carbons (Fsp3) is 0.467. The van der Waals surface area contributed by atoms with Gasteiger partial charge in [0.1, 0.15) is 17.7 Å². The first-order valence-electron chi connectivity index (χ1n) is 7.37. The highest BCUT2D eigenvalue weighted by Gasteiger charge is 2.20. The molecule has 2 aromatic rings. The molecular formula is C15H18F2N4O. The number of nitrogens with one attached hydrogen (secondary N) is 1. The molecule has 1 aliphatic rings. The number of halogens is 2. The van der Waals surface area contributed by atoms with Crippen LogP contribution in [0.2, 0.25) is 0 Å². The first kappa shape index (κ1) is 15.1. The van der Waals surface area contributed by atoms with Gasteiger partial charge in [-0.05, 0) is 25.5 Å². The molecule has 0 aliphatic carbocycles. The molecule has 1 aromatic carbocycles. The lowest BCUT2D eigenvalue weighted by Crippen LogP contribution is -2.28. The van der Waals surface area contributed by atoms with Crippen molar-refractivity contribution < 1.29 is 13.9 Å². The molecule has 5 nitrogen and oxygen atoms in total. The Hall–Kier alpha value is -1.86. The predicted octanol–water partition coefficient (Wildman–Crippen LogP) is 1.76. The van der Waals surface area contributed by atoms with Crippen molar-refractivity contribution in [2.45, 2.75) is 31.4 Å². The molecule has 2 N–H and O–H groups in total. The van der Waals surface area contributed by atoms with E-state index in [-0.39, 0.29) is 12.1 Å². The van der Waals surface area contributed by atoms with Gasteiger partial charge >= 0.3 is 0 Å². The summed E-state index contributed by atoms with van der Waals surface area (Å²) in [4.78, 5) is 0. The van der Waals surface area contributed by atoms with Crippen molar-refractivity contribution in [3.05, 3.63) is 47.3 Å². The van der Waals surface area contributed by atoms with Gasteiger partial charge in [0, 0.05) is 30.3 Å². The lowest BCUT2D eigenvalue weighted by atomic mass is 9.97. The van der Waals surface area contributed by atoms with E-state index in [2.05, 4.69) is 15.6 Å². The maximum Gasteiger partial charge on any atom is 0.131 e. The maximum atomic E-state index is 13.6. The van der Waals surface area contributed by atoms with Gasteiger partial charge in [0.2, 0.25) is 0 Å². The van der Waals surface area contributed by atoms with Crippen LogP contribution in [0.1, 0.15) is 36.1 Å². The molecule has 1 aromatic heterocycles. The van der Waals surface area contributed by atoms with E-state index in [0.717, 1.165) is 43.8 Å². The Balaban J connectivity index is 1.68. The molecular weight excluding hydrogens is 290 g/mol. The second-order valence-electron chi connectivity index (χ2n) is 5.59. The van der Waals surface area contributed by atoms with Crippen LogP contribution in [-0.4, -0.2) is 33.2 Å². The normalized spacial score (nSPS) is 20.0. The SMILES string of the molecule is OC(Cn1cc(C2CCCNC2)nn1)c1ccc(F)cc1F. The number of piperidine rings is 1. The minimum absolute atomic E-state index is 0.0535. The van der Waals surface area contributed by atoms with E-state index < -0.39 is 17.7 Å². The minimum Gasteiger partial charge on any atom is -0.386 e. The van der Waals surface area contributed by atoms with E-state index >= 15 is 0 Å². The fourth-order valence-corrected chi connectivity index (χ4v) is 2.74. The topological polar surface area (TPSA) is 63.0 Å². The molecule has 0 saturated carbocycles. The lowest BCUT2D eigenvalue weighted by Gasteiger charge is -2.20. The molecule has 118 valence electrons. The Morgan fingerprint density at radius 3 is 3.00 bits per heavy atom. The summed E-state index contributed by atoms with van der Waals surface area (Å²) in [6, 6.07) is 3.14. The summed E-state index contributed by atoms with van der Waals surface area (Å²) in [7, 11) is 0. The summed E-state index contributed by atoms with van der Waals surface area (Å²) >= 11 is 0. The van der Waals surface area contributed by atoms with Crippen molar-refractivity contribution in [2.75, 3.05) is 13.1 Å². The fourth-order valence-electron chi connectivity index (χ4n) is 2.74. The molecule has 0 radical (unpaired) electrons. The standard InChI is InChI=1S/C15H18F2N4O/c16-11-3-4-12(13(17)6-11)15(22)9-21-8-14(19-20-21)10-2-1-5-18-7-10/h3-4,6,8,10,15,18,22H,1-2,5,7,9H2. The molecule has 3 rings (SSSR count). The molecule has 1 saturated heterocycles. The summed E-state index contributed by atoms with van der Waals surface area (Å²) in [5, 5.41) is 21.5. The van der Waals surface area contributed by atoms with Crippen molar-refractivity contribution >= 4 is 0 Å². The number of aromatic nitrogens is 3. The Labute approximate surface area is 127 Å². The average molecular weight is 308 g/mol. The largest absolute Gasteiger partial charge is 0.386 e. The van der Waals surface area contributed by atoms with E-state index in [0.29, 0.717) is 5.92 Å². The van der Waals surface area contributed by atoms with E-state index in [1.165, 1.54) is 10.7 Å². The molecule has 2 heterocycles. The number of hydrogen-bond donors (Lipinski definition) is 2. The Morgan fingerprint density at radius 2 is 2.27 bits per heavy atom. The molecule has 2 atom stereocenters. The summed E-state index contributed by atoms with van der Waals surface area (Å²) in [6.07, 6.45) is 2.84. The van der Waals surface area contributed by atoms with Gasteiger partial charge in [0.15, 0.2) is 0 Å². The molecule has 0 bridgehead atoms. The van der Waals surface area contributed by atoms with Crippen LogP contribution in [0.15, 0.2) is 24.4 Å². The van der Waals surface area contributed by atoms with Crippen LogP contribution < -0.4 is 5.32 Å². The van der Waals surface area contributed by atoms with Crippen molar-refractivity contribution in [3.8, 4) is 0 Å². The quantitative estimate of drug-likeness (QED) is 0.903. The number of hydrogen-bond acceptors (Lipinski definition) is 4. The molecule has 0 amide bonds. The Morgan fingerprint density at radius 1 is 1.41 bits per heavy atom. The van der Waals surface area contributed by atoms with Crippen molar-refractivity contribution in [2.24, 2.45) is 0 Å². The van der Waals surface area contributed by atoms with Crippen LogP contribution in [0.4, 0.5) is 8.78 Å². The van der Waals surface area contributed by atoms with Gasteiger partial charge in [-0.15, -0.1) is 5.10 Å². The van der Waals surface area contributed by atoms with Crippen LogP contribution in [0.25, 0.3) is 0 Å². The highest BCUT2D eigenvalue weighted by Crippen LogP contribution is 2.22. The third-order valence-corrected chi connectivity index (χ3v) is 3.95. The van der Waals surface area contributed by atoms with Crippen LogP contribution in [0.5, 0.6) is 0 Å². The number of aliphatic hydroxyl groups is 1. The van der Waals surface area contributed by atoms with Gasteiger partial charge in [-0.3, -0.25) is 0 Å². The molecule has 22 heavy (non-hydrogen) atoms. The summed E-state index contributed by atoms with van der Waals surface area (Å²) in [5.74, 6) is -1.10. The number of aliphatic hydroxyl groups excluding tert-OH is 1. The molecule has 1 fully saturated rings. The van der Waals surface area contributed by atoms with Gasteiger partial charge in [-0.2, -0.15) is 0 Å². The molecule has 1 aliphatic heterocycles. The van der Waals surface area contributed by atoms with Crippen LogP contribution in [0, 0.1) is 11.6 Å². The number of nitrogens with zero attached hydrogens (tertiary/aromatic N) is 3. The highest BCUT2D eigenvalue weighted by molar-refractivity contribution is 5.20. The van der Waals surface area contributed by atoms with E-state index in [9.17, 15) is 13.9 Å². The van der Waals surface area contributed by atoms with Gasteiger partial charge in [-0.25, -0.2) is 13.5 Å². The smallest absolute Gasteiger partial charge is 0.131 e. The maximum absolute atomic E-state index is 13.6. The van der Waals surface area contributed by atoms with Gasteiger partial charge in [0.05, 0.1) is 12.2 Å². The summed E-state index contributed by atoms with van der Waals surface area (Å²) < 4.78 is 28.0. The van der Waals surface area contributed by atoms with Crippen LogP contribution in [-0.2, 0) is 6.54 Å². The predicted molar refractivity (Wildman–Crippen MR) is 76.2 cm³/mol. The molecule has 2 unspecified atom stereocenters. The molecule has 0 spiro atoms. The lowest BCUT2D eigenvalue weighted by molar-refractivity contribution is 0.146. The van der Waals surface area contributed by atoms with Gasteiger partial charge < -0.3 is 10.4 Å². The highest BCUT2D eigenvalue weighted by atomic mass is 19.1. The minimum atomic E-state index is -1.10. The zero-order valence-electron chi connectivity index (χ0n) is 12.0. The third-order valence-electron chi connectivity index (χ3n) is 3.95. The van der Waals surface area contributed by atoms with Gasteiger partial charge in [-0.1, -0.05) is 11.3 Å². The Bertz CT molecular complexity index is 640. The zero-order valence-corrected chi connectivity index (χ0v) is 12.0. The zero-order chi connectivity index (χ0) is 15.5. The monoisotopic (exact) mass is 308 g/mol. The number of rotatable bonds is 4. The van der Waals surface area contributed by atoms with E-state index in [1.807, 2.05) is 0 Å². The van der Waals surface area contributed by atoms with Crippen LogP contribution >= 0.6 is 0 Å². The first-order chi connectivity index (χ1) is 10.6. The Kier molecular flexibility index (Phi) is 4.44. The van der Waals surface area contributed by atoms with Crippen LogP contribution in [0.3, 0.4) is 0 Å². The summed E-state index contributed by atoms with van der Waals surface area (Å²) in [5.41, 5.74) is 0.928. The van der Waals surface area contributed by atoms with Crippen molar-refractivity contribution in [3.63, 3.8) is 0 Å². The van der Waals surface area contributed by atoms with Gasteiger partial charge in [0.25, 0.3) is 0 Å². The second-order valence-corrected chi connectivity index (χ2v) is 5.59. The average Bonchev–Trinajstić information content (AvgIpc) is 2.96. The third kappa shape index (κ3) is 3.31. The van der Waals surface area contributed by atoms with Crippen molar-refractivity contribution in [1.29, 1.82) is 0 Å². The first-order valence-corrected chi connectivity index (χ1v) is 7.37. The second kappa shape index (κ2) is 6.50. The number of benzene rings is 1. The molecule has 7 heteroatoms.